The maximum absolute atomic E-state index is 12.8. The predicted molar refractivity (Wildman–Crippen MR) is 69.8 cm³/mol. The molecule has 1 aliphatic heterocycles. The predicted octanol–water partition coefficient (Wildman–Crippen LogP) is 4.01. The molecule has 0 aromatic heterocycles. The Morgan fingerprint density at radius 2 is 2.11 bits per heavy atom. The van der Waals surface area contributed by atoms with E-state index in [1.54, 1.807) is 6.08 Å². The van der Waals surface area contributed by atoms with Gasteiger partial charge < -0.3 is 4.90 Å². The fraction of sp³-hybridized carbons (Fsp3) is 0.308. The summed E-state index contributed by atoms with van der Waals surface area (Å²) >= 11 is 2.96. The van der Waals surface area contributed by atoms with Gasteiger partial charge in [-0.3, -0.25) is 4.79 Å². The van der Waals surface area contributed by atoms with E-state index in [4.69, 9.17) is 0 Å². The molecule has 1 heterocycles. The molecule has 19 heavy (non-hydrogen) atoms. The van der Waals surface area contributed by atoms with Gasteiger partial charge in [0, 0.05) is 18.9 Å². The van der Waals surface area contributed by atoms with Crippen LogP contribution in [0.4, 0.5) is 18.9 Å². The largest absolute Gasteiger partial charge is 0.417 e. The van der Waals surface area contributed by atoms with Gasteiger partial charge in [-0.1, -0.05) is 12.1 Å². The molecule has 2 nitrogen and oxygen atoms in total. The number of benzene rings is 1. The molecule has 6 heteroatoms. The van der Waals surface area contributed by atoms with Crippen molar-refractivity contribution in [3.05, 3.63) is 40.9 Å². The first-order chi connectivity index (χ1) is 8.84. The number of nitrogens with zero attached hydrogens (tertiary/aromatic N) is 1. The summed E-state index contributed by atoms with van der Waals surface area (Å²) in [4.78, 5) is 13.2. The Morgan fingerprint density at radius 1 is 1.42 bits per heavy atom. The summed E-state index contributed by atoms with van der Waals surface area (Å²) in [5.41, 5.74) is -0.524. The fourth-order valence-corrected chi connectivity index (χ4v) is 2.78. The molecule has 1 fully saturated rings. The van der Waals surface area contributed by atoms with Crippen molar-refractivity contribution in [1.82, 2.24) is 0 Å². The minimum atomic E-state index is -4.45. The number of carbonyl (C=O) groups is 1. The normalized spacial score (nSPS) is 19.9. The molecule has 102 valence electrons. The standard InChI is InChI=1S/C13H11BrF3NO/c1-2-8-6-11(19)18(7-8)10-5-3-4-9(12(10)14)13(15,16)17/h2-5,8H,1,6-7H2. The van der Waals surface area contributed by atoms with Crippen molar-refractivity contribution >= 4 is 27.5 Å². The number of hydrogen-bond donors (Lipinski definition) is 0. The monoisotopic (exact) mass is 333 g/mol. The summed E-state index contributed by atoms with van der Waals surface area (Å²) in [6.45, 7) is 3.98. The van der Waals surface area contributed by atoms with Crippen LogP contribution in [0.5, 0.6) is 0 Å². The third kappa shape index (κ3) is 2.68. The van der Waals surface area contributed by atoms with E-state index in [9.17, 15) is 18.0 Å². The first-order valence-electron chi connectivity index (χ1n) is 5.63. The Bertz CT molecular complexity index is 527. The number of carbonyl (C=O) groups excluding carboxylic acids is 1. The van der Waals surface area contributed by atoms with Gasteiger partial charge in [0.25, 0.3) is 0 Å². The first-order valence-corrected chi connectivity index (χ1v) is 6.42. The Labute approximate surface area is 117 Å². The molecule has 0 aliphatic carbocycles. The van der Waals surface area contributed by atoms with Crippen LogP contribution >= 0.6 is 15.9 Å². The SMILES string of the molecule is C=CC1CC(=O)N(c2cccc(C(F)(F)F)c2Br)C1. The van der Waals surface area contributed by atoms with Crippen molar-refractivity contribution < 1.29 is 18.0 Å². The highest BCUT2D eigenvalue weighted by molar-refractivity contribution is 9.10. The number of amides is 1. The van der Waals surface area contributed by atoms with Crippen LogP contribution in [0.15, 0.2) is 35.3 Å². The van der Waals surface area contributed by atoms with Crippen LogP contribution in [-0.4, -0.2) is 12.5 Å². The highest BCUT2D eigenvalue weighted by Crippen LogP contribution is 2.41. The average molecular weight is 334 g/mol. The van der Waals surface area contributed by atoms with Crippen LogP contribution in [0.2, 0.25) is 0 Å². The van der Waals surface area contributed by atoms with Gasteiger partial charge in [-0.2, -0.15) is 13.2 Å². The second kappa shape index (κ2) is 5.00. The molecule has 1 aromatic carbocycles. The van der Waals surface area contributed by atoms with Crippen molar-refractivity contribution in [2.45, 2.75) is 12.6 Å². The zero-order valence-corrected chi connectivity index (χ0v) is 11.5. The van der Waals surface area contributed by atoms with Crippen LogP contribution in [0.1, 0.15) is 12.0 Å². The molecule has 0 radical (unpaired) electrons. The van der Waals surface area contributed by atoms with E-state index in [1.165, 1.54) is 17.0 Å². The Morgan fingerprint density at radius 3 is 2.63 bits per heavy atom. The minimum Gasteiger partial charge on any atom is -0.311 e. The first kappa shape index (κ1) is 14.1. The molecule has 0 bridgehead atoms. The quantitative estimate of drug-likeness (QED) is 0.749. The van der Waals surface area contributed by atoms with Crippen molar-refractivity contribution in [3.8, 4) is 0 Å². The summed E-state index contributed by atoms with van der Waals surface area (Å²) < 4.78 is 38.3. The Balaban J connectivity index is 2.42. The second-order valence-corrected chi connectivity index (χ2v) is 5.13. The zero-order chi connectivity index (χ0) is 14.2. The van der Waals surface area contributed by atoms with E-state index >= 15 is 0 Å². The molecule has 0 N–H and O–H groups in total. The number of anilines is 1. The van der Waals surface area contributed by atoms with Crippen LogP contribution in [0.25, 0.3) is 0 Å². The van der Waals surface area contributed by atoms with Crippen molar-refractivity contribution in [3.63, 3.8) is 0 Å². The third-order valence-electron chi connectivity index (χ3n) is 3.06. The van der Waals surface area contributed by atoms with E-state index in [-0.39, 0.29) is 28.4 Å². The lowest BCUT2D eigenvalue weighted by atomic mass is 10.1. The summed E-state index contributed by atoms with van der Waals surface area (Å²) in [5, 5.41) is 0. The lowest BCUT2D eigenvalue weighted by molar-refractivity contribution is -0.138. The molecular weight excluding hydrogens is 323 g/mol. The van der Waals surface area contributed by atoms with Crippen molar-refractivity contribution in [2.24, 2.45) is 5.92 Å². The second-order valence-electron chi connectivity index (χ2n) is 4.34. The molecule has 1 atom stereocenters. The van der Waals surface area contributed by atoms with Crippen molar-refractivity contribution in [2.75, 3.05) is 11.4 Å². The van der Waals surface area contributed by atoms with Gasteiger partial charge in [-0.05, 0) is 28.1 Å². The topological polar surface area (TPSA) is 20.3 Å². The summed E-state index contributed by atoms with van der Waals surface area (Å²) in [5.74, 6) is -0.209. The van der Waals surface area contributed by atoms with Crippen LogP contribution in [0.3, 0.4) is 0 Å². The molecule has 1 amide bonds. The fourth-order valence-electron chi connectivity index (χ4n) is 2.07. The summed E-state index contributed by atoms with van der Waals surface area (Å²) in [7, 11) is 0. The summed E-state index contributed by atoms with van der Waals surface area (Å²) in [6.07, 6.45) is -2.51. The molecule has 1 aliphatic rings. The Kier molecular flexibility index (Phi) is 3.71. The van der Waals surface area contributed by atoms with E-state index in [0.29, 0.717) is 6.54 Å². The lowest BCUT2D eigenvalue weighted by Crippen LogP contribution is -2.25. The highest BCUT2D eigenvalue weighted by Gasteiger charge is 2.36. The molecule has 1 unspecified atom stereocenters. The Hall–Kier alpha value is -1.30. The van der Waals surface area contributed by atoms with E-state index in [2.05, 4.69) is 22.5 Å². The molecule has 1 saturated heterocycles. The number of hydrogen-bond acceptors (Lipinski definition) is 1. The zero-order valence-electron chi connectivity index (χ0n) is 9.88. The van der Waals surface area contributed by atoms with E-state index in [0.717, 1.165) is 6.07 Å². The molecule has 1 aromatic rings. The van der Waals surface area contributed by atoms with Gasteiger partial charge in [0.2, 0.25) is 5.91 Å². The maximum Gasteiger partial charge on any atom is 0.417 e. The average Bonchev–Trinajstić information content (AvgIpc) is 2.69. The summed E-state index contributed by atoms with van der Waals surface area (Å²) in [6, 6.07) is 3.79. The van der Waals surface area contributed by atoms with Gasteiger partial charge >= 0.3 is 6.18 Å². The molecule has 0 saturated carbocycles. The number of rotatable bonds is 2. The smallest absolute Gasteiger partial charge is 0.311 e. The van der Waals surface area contributed by atoms with E-state index < -0.39 is 11.7 Å². The highest BCUT2D eigenvalue weighted by atomic mass is 79.9. The van der Waals surface area contributed by atoms with Crippen LogP contribution < -0.4 is 4.90 Å². The van der Waals surface area contributed by atoms with Crippen LogP contribution in [-0.2, 0) is 11.0 Å². The van der Waals surface area contributed by atoms with Gasteiger partial charge in [0.1, 0.15) is 0 Å². The minimum absolute atomic E-state index is 0.0195. The van der Waals surface area contributed by atoms with Gasteiger partial charge in [-0.25, -0.2) is 0 Å². The van der Waals surface area contributed by atoms with E-state index in [1.807, 2.05) is 0 Å². The lowest BCUT2D eigenvalue weighted by Gasteiger charge is -2.20. The molecular formula is C13H11BrF3NO. The van der Waals surface area contributed by atoms with Gasteiger partial charge in [0.05, 0.1) is 15.7 Å². The van der Waals surface area contributed by atoms with Crippen LogP contribution in [0, 0.1) is 5.92 Å². The van der Waals surface area contributed by atoms with Crippen molar-refractivity contribution in [1.29, 1.82) is 0 Å². The molecule has 0 spiro atoms. The van der Waals surface area contributed by atoms with Gasteiger partial charge in [-0.15, -0.1) is 6.58 Å². The number of alkyl halides is 3. The maximum atomic E-state index is 12.8. The van der Waals surface area contributed by atoms with Gasteiger partial charge in [0.15, 0.2) is 0 Å². The number of halogens is 4. The molecule has 2 rings (SSSR count). The third-order valence-corrected chi connectivity index (χ3v) is 3.90.